The quantitative estimate of drug-likeness (QED) is 0.721. The van der Waals surface area contributed by atoms with E-state index in [9.17, 15) is 9.59 Å². The van der Waals surface area contributed by atoms with Gasteiger partial charge in [-0.15, -0.1) is 0 Å². The molecule has 1 aromatic rings. The molecule has 0 bridgehead atoms. The number of aliphatic carboxylic acids is 1. The average molecular weight is 280 g/mol. The lowest BCUT2D eigenvalue weighted by molar-refractivity contribution is -0.141. The summed E-state index contributed by atoms with van der Waals surface area (Å²) in [4.78, 5) is 32.4. The van der Waals surface area contributed by atoms with Crippen LogP contribution in [0.15, 0.2) is 18.5 Å². The summed E-state index contributed by atoms with van der Waals surface area (Å²) in [7, 11) is 1.70. The Morgan fingerprint density at radius 1 is 1.40 bits per heavy atom. The average Bonchev–Trinajstić information content (AvgIpc) is 2.44. The van der Waals surface area contributed by atoms with E-state index in [0.717, 1.165) is 6.42 Å². The maximum absolute atomic E-state index is 11.8. The van der Waals surface area contributed by atoms with Gasteiger partial charge in [-0.2, -0.15) is 0 Å². The van der Waals surface area contributed by atoms with Gasteiger partial charge in [-0.25, -0.2) is 9.97 Å². The fourth-order valence-electron chi connectivity index (χ4n) is 1.73. The number of carboxylic acids is 1. The van der Waals surface area contributed by atoms with Gasteiger partial charge in [0.25, 0.3) is 0 Å². The molecule has 2 N–H and O–H groups in total. The van der Waals surface area contributed by atoms with Crippen LogP contribution in [0.4, 0.5) is 5.95 Å². The van der Waals surface area contributed by atoms with Gasteiger partial charge < -0.3 is 15.3 Å². The highest BCUT2D eigenvalue weighted by atomic mass is 16.4. The second-order valence-corrected chi connectivity index (χ2v) is 4.53. The van der Waals surface area contributed by atoms with E-state index in [4.69, 9.17) is 5.11 Å². The highest BCUT2D eigenvalue weighted by Gasteiger charge is 2.17. The lowest BCUT2D eigenvalue weighted by atomic mass is 10.0. The summed E-state index contributed by atoms with van der Waals surface area (Å²) < 4.78 is 0. The molecular weight excluding hydrogens is 260 g/mol. The van der Waals surface area contributed by atoms with Crippen molar-refractivity contribution >= 4 is 17.8 Å². The predicted octanol–water partition coefficient (Wildman–Crippen LogP) is 0.530. The molecule has 0 saturated heterocycles. The Hall–Kier alpha value is -2.18. The summed E-state index contributed by atoms with van der Waals surface area (Å²) >= 11 is 0. The number of hydrogen-bond donors (Lipinski definition) is 2. The summed E-state index contributed by atoms with van der Waals surface area (Å²) in [6.45, 7) is 2.15. The minimum absolute atomic E-state index is 0.0858. The van der Waals surface area contributed by atoms with Gasteiger partial charge >= 0.3 is 5.97 Å². The minimum atomic E-state index is -0.883. The molecule has 1 amide bonds. The van der Waals surface area contributed by atoms with Crippen molar-refractivity contribution in [2.75, 3.05) is 25.0 Å². The fraction of sp³-hybridized carbons (Fsp3) is 0.538. The zero-order valence-corrected chi connectivity index (χ0v) is 11.7. The molecule has 1 heterocycles. The highest BCUT2D eigenvalue weighted by Crippen LogP contribution is 2.05. The number of carbonyl (C=O) groups is 2. The van der Waals surface area contributed by atoms with Crippen LogP contribution in [-0.4, -0.2) is 47.1 Å². The molecule has 0 saturated carbocycles. The number of nitrogens with one attached hydrogen (secondary N) is 1. The van der Waals surface area contributed by atoms with E-state index in [1.54, 1.807) is 30.4 Å². The smallest absolute Gasteiger partial charge is 0.308 e. The third-order valence-electron chi connectivity index (χ3n) is 2.81. The van der Waals surface area contributed by atoms with E-state index in [0.29, 0.717) is 12.4 Å². The van der Waals surface area contributed by atoms with Crippen LogP contribution in [0.2, 0.25) is 0 Å². The molecule has 0 fully saturated rings. The van der Waals surface area contributed by atoms with Gasteiger partial charge in [0.2, 0.25) is 11.9 Å². The molecule has 0 aromatic carbocycles. The highest BCUT2D eigenvalue weighted by molar-refractivity contribution is 5.81. The number of likely N-dealkylation sites (N-methyl/N-ethyl adjacent to an activating group) is 1. The van der Waals surface area contributed by atoms with Crippen LogP contribution in [0, 0.1) is 5.92 Å². The fourth-order valence-corrected chi connectivity index (χ4v) is 1.73. The number of anilines is 1. The molecular formula is C13H20N4O3. The molecule has 0 aliphatic heterocycles. The number of rotatable bonds is 8. The maximum atomic E-state index is 11.8. The van der Waals surface area contributed by atoms with Crippen LogP contribution in [0.25, 0.3) is 0 Å². The largest absolute Gasteiger partial charge is 0.481 e. The molecule has 1 atom stereocenters. The third-order valence-corrected chi connectivity index (χ3v) is 2.81. The molecule has 1 aromatic heterocycles. The lowest BCUT2D eigenvalue weighted by Gasteiger charge is -2.17. The van der Waals surface area contributed by atoms with Crippen LogP contribution in [-0.2, 0) is 9.59 Å². The van der Waals surface area contributed by atoms with E-state index >= 15 is 0 Å². The lowest BCUT2D eigenvalue weighted by Crippen LogP contribution is -2.39. The number of nitrogens with zero attached hydrogens (tertiary/aromatic N) is 3. The summed E-state index contributed by atoms with van der Waals surface area (Å²) in [6, 6.07) is 1.69. The number of aromatic nitrogens is 2. The van der Waals surface area contributed by atoms with Crippen LogP contribution < -0.4 is 10.2 Å². The summed E-state index contributed by atoms with van der Waals surface area (Å²) in [5.74, 6) is -1.22. The van der Waals surface area contributed by atoms with Crippen LogP contribution in [0.5, 0.6) is 0 Å². The summed E-state index contributed by atoms with van der Waals surface area (Å²) in [5, 5.41) is 11.6. The number of hydrogen-bond acceptors (Lipinski definition) is 5. The Balaban J connectivity index is 2.41. The van der Waals surface area contributed by atoms with Gasteiger partial charge in [-0.05, 0) is 12.5 Å². The van der Waals surface area contributed by atoms with Gasteiger partial charge in [0, 0.05) is 26.0 Å². The van der Waals surface area contributed by atoms with Gasteiger partial charge in [0.05, 0.1) is 12.5 Å². The standard InChI is InChI=1S/C13H20N4O3/c1-3-5-10(12(19)20)8-16-11(18)9-17(2)13-14-6-4-7-15-13/h4,6-7,10H,3,5,8-9H2,1-2H3,(H,16,18)(H,19,20). The zero-order valence-electron chi connectivity index (χ0n) is 11.7. The predicted molar refractivity (Wildman–Crippen MR) is 74.3 cm³/mol. The SMILES string of the molecule is CCCC(CNC(=O)CN(C)c1ncccn1)C(=O)O. The molecule has 0 radical (unpaired) electrons. The molecule has 1 rings (SSSR count). The van der Waals surface area contributed by atoms with Crippen molar-refractivity contribution in [2.45, 2.75) is 19.8 Å². The Bertz CT molecular complexity index is 439. The Labute approximate surface area is 118 Å². The topological polar surface area (TPSA) is 95.4 Å². The van der Waals surface area contributed by atoms with Crippen LogP contribution >= 0.6 is 0 Å². The third kappa shape index (κ3) is 5.21. The van der Waals surface area contributed by atoms with Gasteiger partial charge in [0.15, 0.2) is 0 Å². The molecule has 0 aliphatic rings. The van der Waals surface area contributed by atoms with Gasteiger partial charge in [-0.1, -0.05) is 13.3 Å². The van der Waals surface area contributed by atoms with Crippen molar-refractivity contribution in [2.24, 2.45) is 5.92 Å². The molecule has 20 heavy (non-hydrogen) atoms. The van der Waals surface area contributed by atoms with Crippen molar-refractivity contribution in [3.05, 3.63) is 18.5 Å². The van der Waals surface area contributed by atoms with Crippen molar-refractivity contribution in [1.29, 1.82) is 0 Å². The number of carbonyl (C=O) groups excluding carboxylic acids is 1. The van der Waals surface area contributed by atoms with Crippen molar-refractivity contribution in [3.8, 4) is 0 Å². The number of carboxylic acid groups (broad SMARTS) is 1. The first kappa shape index (κ1) is 15.9. The molecule has 0 aliphatic carbocycles. The molecule has 7 nitrogen and oxygen atoms in total. The Morgan fingerprint density at radius 2 is 2.05 bits per heavy atom. The van der Waals surface area contributed by atoms with E-state index in [1.807, 2.05) is 6.92 Å². The van der Waals surface area contributed by atoms with E-state index in [1.165, 1.54) is 0 Å². The molecule has 1 unspecified atom stereocenters. The summed E-state index contributed by atoms with van der Waals surface area (Å²) in [6.07, 6.45) is 4.51. The Morgan fingerprint density at radius 3 is 2.60 bits per heavy atom. The second-order valence-electron chi connectivity index (χ2n) is 4.53. The molecule has 0 spiro atoms. The van der Waals surface area contributed by atoms with Crippen molar-refractivity contribution in [3.63, 3.8) is 0 Å². The van der Waals surface area contributed by atoms with E-state index in [2.05, 4.69) is 15.3 Å². The second kappa shape index (κ2) is 8.08. The van der Waals surface area contributed by atoms with E-state index in [-0.39, 0.29) is 19.0 Å². The van der Waals surface area contributed by atoms with Gasteiger partial charge in [0.1, 0.15) is 0 Å². The van der Waals surface area contributed by atoms with Crippen LogP contribution in [0.1, 0.15) is 19.8 Å². The van der Waals surface area contributed by atoms with E-state index < -0.39 is 11.9 Å². The zero-order chi connectivity index (χ0) is 15.0. The van der Waals surface area contributed by atoms with Gasteiger partial charge in [-0.3, -0.25) is 9.59 Å². The molecule has 7 heteroatoms. The van der Waals surface area contributed by atoms with Crippen molar-refractivity contribution in [1.82, 2.24) is 15.3 Å². The first-order valence-electron chi connectivity index (χ1n) is 6.52. The number of amides is 1. The summed E-state index contributed by atoms with van der Waals surface area (Å²) in [5.41, 5.74) is 0. The normalized spacial score (nSPS) is 11.7. The minimum Gasteiger partial charge on any atom is -0.481 e. The van der Waals surface area contributed by atoms with Crippen LogP contribution in [0.3, 0.4) is 0 Å². The first-order chi connectivity index (χ1) is 9.54. The van der Waals surface area contributed by atoms with Crippen molar-refractivity contribution < 1.29 is 14.7 Å². The Kier molecular flexibility index (Phi) is 6.42. The first-order valence-corrected chi connectivity index (χ1v) is 6.52. The molecule has 110 valence electrons. The monoisotopic (exact) mass is 280 g/mol. The maximum Gasteiger partial charge on any atom is 0.308 e.